The van der Waals surface area contributed by atoms with E-state index in [1.165, 1.54) is 6.07 Å². The molecule has 1 aromatic heterocycles. The lowest BCUT2D eigenvalue weighted by atomic mass is 9.98. The zero-order chi connectivity index (χ0) is 14.5. The number of hydrogen-bond acceptors (Lipinski definition) is 3. The molecule has 1 aromatic carbocycles. The van der Waals surface area contributed by atoms with Crippen molar-refractivity contribution in [2.24, 2.45) is 0 Å². The van der Waals surface area contributed by atoms with Crippen LogP contribution in [0.1, 0.15) is 17.2 Å². The molecule has 106 valence electrons. The second-order valence-electron chi connectivity index (χ2n) is 4.36. The van der Waals surface area contributed by atoms with Crippen molar-refractivity contribution >= 4 is 11.6 Å². The standard InChI is InChI=1S/C15H16ClFN2O/c1-18-14(10-6-7-19-9-15(10)20-2)8-11-12(16)4-3-5-13(11)17/h3-7,9,14,18H,8H2,1-2H3. The zero-order valence-electron chi connectivity index (χ0n) is 11.4. The monoisotopic (exact) mass is 294 g/mol. The smallest absolute Gasteiger partial charge is 0.141 e. The molecular formula is C15H16ClFN2O. The molecule has 0 radical (unpaired) electrons. The molecular weight excluding hydrogens is 279 g/mol. The second-order valence-corrected chi connectivity index (χ2v) is 4.77. The van der Waals surface area contributed by atoms with E-state index >= 15 is 0 Å². The Morgan fingerprint density at radius 2 is 2.20 bits per heavy atom. The van der Waals surface area contributed by atoms with Gasteiger partial charge in [-0.1, -0.05) is 17.7 Å². The van der Waals surface area contributed by atoms with Crippen LogP contribution in [0.15, 0.2) is 36.7 Å². The molecule has 0 aliphatic rings. The highest BCUT2D eigenvalue weighted by Crippen LogP contribution is 2.29. The van der Waals surface area contributed by atoms with Crippen LogP contribution in [-0.2, 0) is 6.42 Å². The number of halogens is 2. The first-order chi connectivity index (χ1) is 9.67. The fourth-order valence-corrected chi connectivity index (χ4v) is 2.39. The first-order valence-electron chi connectivity index (χ1n) is 6.25. The van der Waals surface area contributed by atoms with Gasteiger partial charge in [0.25, 0.3) is 0 Å². The van der Waals surface area contributed by atoms with Crippen molar-refractivity contribution in [2.45, 2.75) is 12.5 Å². The molecule has 0 aliphatic carbocycles. The Balaban J connectivity index is 2.34. The number of methoxy groups -OCH3 is 1. The van der Waals surface area contributed by atoms with Gasteiger partial charge in [0.15, 0.2) is 0 Å². The van der Waals surface area contributed by atoms with Crippen LogP contribution in [0.4, 0.5) is 4.39 Å². The Hall–Kier alpha value is -1.65. The molecule has 1 atom stereocenters. The summed E-state index contributed by atoms with van der Waals surface area (Å²) >= 11 is 6.08. The number of ether oxygens (including phenoxy) is 1. The number of nitrogens with one attached hydrogen (secondary N) is 1. The molecule has 1 unspecified atom stereocenters. The van der Waals surface area contributed by atoms with Crippen LogP contribution in [0, 0.1) is 5.82 Å². The van der Waals surface area contributed by atoms with Gasteiger partial charge in [-0.15, -0.1) is 0 Å². The Labute approximate surface area is 122 Å². The lowest BCUT2D eigenvalue weighted by Gasteiger charge is -2.20. The quantitative estimate of drug-likeness (QED) is 0.918. The maximum Gasteiger partial charge on any atom is 0.141 e. The number of hydrogen-bond donors (Lipinski definition) is 1. The van der Waals surface area contributed by atoms with E-state index in [0.717, 1.165) is 5.56 Å². The summed E-state index contributed by atoms with van der Waals surface area (Å²) in [6.45, 7) is 0. The average Bonchev–Trinajstić information content (AvgIpc) is 2.47. The van der Waals surface area contributed by atoms with E-state index in [-0.39, 0.29) is 11.9 Å². The summed E-state index contributed by atoms with van der Waals surface area (Å²) in [7, 11) is 3.41. The van der Waals surface area contributed by atoms with Gasteiger partial charge in [-0.3, -0.25) is 4.98 Å². The summed E-state index contributed by atoms with van der Waals surface area (Å²) in [6.07, 6.45) is 3.76. The lowest BCUT2D eigenvalue weighted by Crippen LogP contribution is -2.20. The lowest BCUT2D eigenvalue weighted by molar-refractivity contribution is 0.398. The topological polar surface area (TPSA) is 34.2 Å². The van der Waals surface area contributed by atoms with Gasteiger partial charge in [-0.25, -0.2) is 4.39 Å². The van der Waals surface area contributed by atoms with Crippen molar-refractivity contribution in [1.29, 1.82) is 0 Å². The first kappa shape index (κ1) is 14.8. The normalized spacial score (nSPS) is 12.2. The van der Waals surface area contributed by atoms with Gasteiger partial charge in [0.2, 0.25) is 0 Å². The second kappa shape index (κ2) is 6.68. The molecule has 1 heterocycles. The third kappa shape index (κ3) is 3.08. The highest BCUT2D eigenvalue weighted by molar-refractivity contribution is 6.31. The van der Waals surface area contributed by atoms with Crippen molar-refractivity contribution < 1.29 is 9.13 Å². The average molecular weight is 295 g/mol. The van der Waals surface area contributed by atoms with Crippen LogP contribution < -0.4 is 10.1 Å². The van der Waals surface area contributed by atoms with Crippen LogP contribution in [-0.4, -0.2) is 19.1 Å². The van der Waals surface area contributed by atoms with Gasteiger partial charge in [0, 0.05) is 28.4 Å². The third-order valence-electron chi connectivity index (χ3n) is 3.23. The summed E-state index contributed by atoms with van der Waals surface area (Å²) in [4.78, 5) is 4.02. The highest BCUT2D eigenvalue weighted by Gasteiger charge is 2.18. The molecule has 0 saturated carbocycles. The number of benzene rings is 1. The van der Waals surface area contributed by atoms with Crippen molar-refractivity contribution in [3.05, 3.63) is 58.6 Å². The Morgan fingerprint density at radius 1 is 1.40 bits per heavy atom. The predicted octanol–water partition coefficient (Wildman–Crippen LogP) is 3.39. The van der Waals surface area contributed by atoms with E-state index in [2.05, 4.69) is 10.3 Å². The fraction of sp³-hybridized carbons (Fsp3) is 0.267. The molecule has 0 amide bonds. The molecule has 2 aromatic rings. The summed E-state index contributed by atoms with van der Waals surface area (Å²) in [6, 6.07) is 6.45. The van der Waals surface area contributed by atoms with E-state index in [9.17, 15) is 4.39 Å². The summed E-state index contributed by atoms with van der Waals surface area (Å²) in [5.74, 6) is 0.366. The Bertz CT molecular complexity index is 572. The number of nitrogens with zero attached hydrogens (tertiary/aromatic N) is 1. The first-order valence-corrected chi connectivity index (χ1v) is 6.63. The zero-order valence-corrected chi connectivity index (χ0v) is 12.1. The van der Waals surface area contributed by atoms with Crippen LogP contribution in [0.3, 0.4) is 0 Å². The van der Waals surface area contributed by atoms with Crippen molar-refractivity contribution in [3.8, 4) is 5.75 Å². The Kier molecular flexibility index (Phi) is 4.93. The molecule has 20 heavy (non-hydrogen) atoms. The molecule has 0 spiro atoms. The number of rotatable bonds is 5. The molecule has 0 fully saturated rings. The minimum absolute atomic E-state index is 0.109. The van der Waals surface area contributed by atoms with Gasteiger partial charge in [-0.05, 0) is 31.7 Å². The molecule has 0 aliphatic heterocycles. The molecule has 0 saturated heterocycles. The van der Waals surface area contributed by atoms with Crippen LogP contribution >= 0.6 is 11.6 Å². The number of aromatic nitrogens is 1. The fourth-order valence-electron chi connectivity index (χ4n) is 2.15. The summed E-state index contributed by atoms with van der Waals surface area (Å²) in [5.41, 5.74) is 1.41. The summed E-state index contributed by atoms with van der Waals surface area (Å²) < 4.78 is 19.2. The largest absolute Gasteiger partial charge is 0.495 e. The van der Waals surface area contributed by atoms with Crippen LogP contribution in [0.2, 0.25) is 5.02 Å². The van der Waals surface area contributed by atoms with E-state index in [1.54, 1.807) is 31.6 Å². The van der Waals surface area contributed by atoms with E-state index in [4.69, 9.17) is 16.3 Å². The molecule has 1 N–H and O–H groups in total. The van der Waals surface area contributed by atoms with E-state index in [0.29, 0.717) is 22.8 Å². The van der Waals surface area contributed by atoms with Crippen molar-refractivity contribution in [2.75, 3.05) is 14.2 Å². The Morgan fingerprint density at radius 3 is 2.85 bits per heavy atom. The van der Waals surface area contributed by atoms with E-state index < -0.39 is 0 Å². The highest BCUT2D eigenvalue weighted by atomic mass is 35.5. The maximum absolute atomic E-state index is 13.9. The third-order valence-corrected chi connectivity index (χ3v) is 3.58. The SMILES string of the molecule is CNC(Cc1c(F)cccc1Cl)c1ccncc1OC. The predicted molar refractivity (Wildman–Crippen MR) is 77.7 cm³/mol. The molecule has 0 bridgehead atoms. The van der Waals surface area contributed by atoms with E-state index in [1.807, 2.05) is 13.1 Å². The molecule has 3 nitrogen and oxygen atoms in total. The number of likely N-dealkylation sites (N-methyl/N-ethyl adjacent to an activating group) is 1. The molecule has 2 rings (SSSR count). The minimum Gasteiger partial charge on any atom is -0.495 e. The van der Waals surface area contributed by atoms with Crippen molar-refractivity contribution in [1.82, 2.24) is 10.3 Å². The van der Waals surface area contributed by atoms with Crippen LogP contribution in [0.5, 0.6) is 5.75 Å². The molecule has 5 heteroatoms. The van der Waals surface area contributed by atoms with Gasteiger partial charge >= 0.3 is 0 Å². The summed E-state index contributed by atoms with van der Waals surface area (Å²) in [5, 5.41) is 3.59. The van der Waals surface area contributed by atoms with Gasteiger partial charge in [0.1, 0.15) is 11.6 Å². The maximum atomic E-state index is 13.9. The minimum atomic E-state index is -0.300. The van der Waals surface area contributed by atoms with Crippen molar-refractivity contribution in [3.63, 3.8) is 0 Å². The van der Waals surface area contributed by atoms with Gasteiger partial charge < -0.3 is 10.1 Å². The van der Waals surface area contributed by atoms with Gasteiger partial charge in [-0.2, -0.15) is 0 Å². The number of pyridine rings is 1. The van der Waals surface area contributed by atoms with Crippen LogP contribution in [0.25, 0.3) is 0 Å². The van der Waals surface area contributed by atoms with Gasteiger partial charge in [0.05, 0.1) is 13.3 Å².